The smallest absolute Gasteiger partial charge is 0.0714 e. The van der Waals surface area contributed by atoms with E-state index in [9.17, 15) is 0 Å². The summed E-state index contributed by atoms with van der Waals surface area (Å²) in [6, 6.07) is 75.1. The molecule has 0 heterocycles. The highest BCUT2D eigenvalue weighted by Gasteiger charge is 2.57. The second-order valence-electron chi connectivity index (χ2n) is 18.5. The second-order valence-corrected chi connectivity index (χ2v) is 18.5. The van der Waals surface area contributed by atoms with Crippen molar-refractivity contribution in [1.82, 2.24) is 0 Å². The molecule has 0 fully saturated rings. The molecule has 1 atom stereocenters. The maximum atomic E-state index is 2.57. The lowest BCUT2D eigenvalue weighted by Gasteiger charge is -2.35. The zero-order chi connectivity index (χ0) is 40.0. The van der Waals surface area contributed by atoms with Crippen LogP contribution in [0.2, 0.25) is 0 Å². The van der Waals surface area contributed by atoms with Crippen molar-refractivity contribution in [3.05, 3.63) is 245 Å². The SMILES string of the molecule is CC1(C)CC2(CC(C)(C)c3c(N(c4ccc(-c5ccccc5)cc4)c4ccc5c(c4)C(c4ccccc4)(c4ccccc4)c4ccccc4-5)cccc32)c2ccccc21. The van der Waals surface area contributed by atoms with Crippen LogP contribution in [0.1, 0.15) is 85.0 Å². The molecule has 1 spiro atoms. The first-order valence-electron chi connectivity index (χ1n) is 21.3. The molecule has 59 heavy (non-hydrogen) atoms. The fourth-order valence-corrected chi connectivity index (χ4v) is 12.0. The van der Waals surface area contributed by atoms with Crippen LogP contribution in [-0.4, -0.2) is 0 Å². The van der Waals surface area contributed by atoms with Crippen LogP contribution in [0.3, 0.4) is 0 Å². The molecule has 8 aromatic rings. The van der Waals surface area contributed by atoms with Crippen LogP contribution in [-0.2, 0) is 21.7 Å². The highest BCUT2D eigenvalue weighted by atomic mass is 15.1. The molecular weight excluding hydrogens is 711 g/mol. The average molecular weight is 760 g/mol. The minimum Gasteiger partial charge on any atom is -0.310 e. The fraction of sp³-hybridized carbons (Fsp3) is 0.172. The Balaban J connectivity index is 1.18. The third kappa shape index (κ3) is 5.17. The maximum Gasteiger partial charge on any atom is 0.0714 e. The predicted molar refractivity (Wildman–Crippen MR) is 246 cm³/mol. The summed E-state index contributed by atoms with van der Waals surface area (Å²) in [5, 5.41) is 0. The highest BCUT2D eigenvalue weighted by Crippen LogP contribution is 2.65. The summed E-state index contributed by atoms with van der Waals surface area (Å²) in [5.41, 5.74) is 19.2. The number of fused-ring (bicyclic) bond motifs is 7. The molecule has 1 heteroatoms. The van der Waals surface area contributed by atoms with Crippen molar-refractivity contribution in [2.45, 2.75) is 62.2 Å². The van der Waals surface area contributed by atoms with Gasteiger partial charge in [-0.25, -0.2) is 0 Å². The topological polar surface area (TPSA) is 3.24 Å². The normalized spacial score (nSPS) is 18.5. The number of hydrogen-bond acceptors (Lipinski definition) is 1. The minimum absolute atomic E-state index is 0.0485. The van der Waals surface area contributed by atoms with Gasteiger partial charge in [0.2, 0.25) is 0 Å². The molecule has 0 saturated carbocycles. The number of anilines is 3. The van der Waals surface area contributed by atoms with Gasteiger partial charge in [-0.15, -0.1) is 0 Å². The van der Waals surface area contributed by atoms with E-state index in [1.807, 2.05) is 0 Å². The molecule has 3 aliphatic rings. The van der Waals surface area contributed by atoms with Crippen LogP contribution in [0.25, 0.3) is 22.3 Å². The van der Waals surface area contributed by atoms with Gasteiger partial charge >= 0.3 is 0 Å². The first-order valence-corrected chi connectivity index (χ1v) is 21.3. The third-order valence-corrected chi connectivity index (χ3v) is 14.1. The molecule has 0 amide bonds. The van der Waals surface area contributed by atoms with Crippen molar-refractivity contribution < 1.29 is 0 Å². The van der Waals surface area contributed by atoms with Crippen molar-refractivity contribution in [3.8, 4) is 22.3 Å². The van der Waals surface area contributed by atoms with Gasteiger partial charge in [0, 0.05) is 16.8 Å². The summed E-state index contributed by atoms with van der Waals surface area (Å²) in [4.78, 5) is 2.57. The molecule has 0 N–H and O–H groups in total. The molecule has 1 nitrogen and oxygen atoms in total. The molecule has 11 rings (SSSR count). The highest BCUT2D eigenvalue weighted by molar-refractivity contribution is 5.90. The molecule has 0 aliphatic heterocycles. The van der Waals surface area contributed by atoms with Crippen LogP contribution >= 0.6 is 0 Å². The van der Waals surface area contributed by atoms with E-state index in [4.69, 9.17) is 0 Å². The molecule has 0 aromatic heterocycles. The van der Waals surface area contributed by atoms with E-state index in [1.54, 1.807) is 0 Å². The lowest BCUT2D eigenvalue weighted by atomic mass is 9.67. The summed E-state index contributed by atoms with van der Waals surface area (Å²) in [5.74, 6) is 0. The summed E-state index contributed by atoms with van der Waals surface area (Å²) < 4.78 is 0. The Bertz CT molecular complexity index is 2830. The first-order chi connectivity index (χ1) is 28.7. The molecule has 0 saturated heterocycles. The van der Waals surface area contributed by atoms with Gasteiger partial charge < -0.3 is 4.90 Å². The largest absolute Gasteiger partial charge is 0.310 e. The monoisotopic (exact) mass is 759 g/mol. The van der Waals surface area contributed by atoms with Gasteiger partial charge in [-0.2, -0.15) is 0 Å². The van der Waals surface area contributed by atoms with Crippen molar-refractivity contribution in [3.63, 3.8) is 0 Å². The summed E-state index contributed by atoms with van der Waals surface area (Å²) in [7, 11) is 0. The average Bonchev–Trinajstić information content (AvgIpc) is 3.80. The first kappa shape index (κ1) is 35.7. The number of benzene rings is 8. The van der Waals surface area contributed by atoms with E-state index in [0.717, 1.165) is 24.2 Å². The second kappa shape index (κ2) is 13.0. The molecular formula is C58H49N. The Kier molecular flexibility index (Phi) is 7.89. The number of hydrogen-bond donors (Lipinski definition) is 0. The summed E-state index contributed by atoms with van der Waals surface area (Å²) >= 11 is 0. The van der Waals surface area contributed by atoms with Crippen molar-refractivity contribution >= 4 is 17.1 Å². The standard InChI is InChI=1S/C58H49N/c1-55(2)38-57(50-28-17-16-27-49(50)55)39-56(3,4)54-51(57)29-18-30-53(54)59(44-33-31-41(32-34-44)40-19-8-5-9-20-40)45-35-36-47-46-25-14-15-26-48(46)58(52(47)37-45,42-21-10-6-11-22-42)43-23-12-7-13-24-43/h5-37H,38-39H2,1-4H3. The van der Waals surface area contributed by atoms with E-state index in [2.05, 4.69) is 233 Å². The van der Waals surface area contributed by atoms with Gasteiger partial charge in [-0.05, 0) is 121 Å². The van der Waals surface area contributed by atoms with Crippen LogP contribution < -0.4 is 4.90 Å². The van der Waals surface area contributed by atoms with Crippen molar-refractivity contribution in [2.75, 3.05) is 4.90 Å². The fourth-order valence-electron chi connectivity index (χ4n) is 12.0. The van der Waals surface area contributed by atoms with Gasteiger partial charge in [0.15, 0.2) is 0 Å². The number of rotatable bonds is 6. The van der Waals surface area contributed by atoms with Crippen LogP contribution in [0.4, 0.5) is 17.1 Å². The zero-order valence-corrected chi connectivity index (χ0v) is 34.4. The summed E-state index contributed by atoms with van der Waals surface area (Å²) in [6.07, 6.45) is 2.19. The van der Waals surface area contributed by atoms with E-state index in [1.165, 1.54) is 72.4 Å². The van der Waals surface area contributed by atoms with E-state index in [-0.39, 0.29) is 16.2 Å². The Morgan fingerprint density at radius 1 is 0.373 bits per heavy atom. The van der Waals surface area contributed by atoms with Crippen molar-refractivity contribution in [1.29, 1.82) is 0 Å². The minimum atomic E-state index is -0.492. The molecule has 0 radical (unpaired) electrons. The van der Waals surface area contributed by atoms with Crippen LogP contribution in [0.15, 0.2) is 200 Å². The molecule has 286 valence electrons. The van der Waals surface area contributed by atoms with Gasteiger partial charge in [-0.3, -0.25) is 0 Å². The predicted octanol–water partition coefficient (Wildman–Crippen LogP) is 14.8. The zero-order valence-electron chi connectivity index (χ0n) is 34.4. The summed E-state index contributed by atoms with van der Waals surface area (Å²) in [6.45, 7) is 9.88. The van der Waals surface area contributed by atoms with Gasteiger partial charge in [0.1, 0.15) is 0 Å². The lowest BCUT2D eigenvalue weighted by Crippen LogP contribution is -2.28. The lowest BCUT2D eigenvalue weighted by molar-refractivity contribution is 0.350. The Morgan fingerprint density at radius 3 is 1.56 bits per heavy atom. The van der Waals surface area contributed by atoms with E-state index in [0.29, 0.717) is 0 Å². The molecule has 3 aliphatic carbocycles. The number of nitrogens with zero attached hydrogens (tertiary/aromatic N) is 1. The van der Waals surface area contributed by atoms with Gasteiger partial charge in [0.05, 0.1) is 11.1 Å². The van der Waals surface area contributed by atoms with Crippen LogP contribution in [0.5, 0.6) is 0 Å². The van der Waals surface area contributed by atoms with E-state index >= 15 is 0 Å². The van der Waals surface area contributed by atoms with Gasteiger partial charge in [-0.1, -0.05) is 198 Å². The Hall–Kier alpha value is -6.44. The Morgan fingerprint density at radius 2 is 0.881 bits per heavy atom. The van der Waals surface area contributed by atoms with Gasteiger partial charge in [0.25, 0.3) is 0 Å². The third-order valence-electron chi connectivity index (χ3n) is 14.1. The van der Waals surface area contributed by atoms with Crippen molar-refractivity contribution in [2.24, 2.45) is 0 Å². The molecule has 1 unspecified atom stereocenters. The molecule has 8 aromatic carbocycles. The van der Waals surface area contributed by atoms with Crippen LogP contribution in [0, 0.1) is 0 Å². The van der Waals surface area contributed by atoms with E-state index < -0.39 is 5.41 Å². The Labute approximate surface area is 349 Å². The maximum absolute atomic E-state index is 2.57. The molecule has 0 bridgehead atoms. The quantitative estimate of drug-likeness (QED) is 0.163.